The SMILES string of the molecule is CCC(C(=O)N1CC(c2ccccn2)C1)n1cc(C(C)=O)c2ccccc21. The van der Waals surface area contributed by atoms with Gasteiger partial charge in [0.2, 0.25) is 5.91 Å². The molecule has 5 nitrogen and oxygen atoms in total. The van der Waals surface area contributed by atoms with E-state index in [0.29, 0.717) is 31.0 Å². The van der Waals surface area contributed by atoms with E-state index in [1.165, 1.54) is 0 Å². The molecular formula is C22H23N3O2. The van der Waals surface area contributed by atoms with Crippen LogP contribution in [0.25, 0.3) is 10.9 Å². The Hall–Kier alpha value is -2.95. The van der Waals surface area contributed by atoms with Gasteiger partial charge in [-0.15, -0.1) is 0 Å². The third-order valence-corrected chi connectivity index (χ3v) is 5.43. The summed E-state index contributed by atoms with van der Waals surface area (Å²) in [6.07, 6.45) is 4.32. The molecule has 0 bridgehead atoms. The second-order valence-electron chi connectivity index (χ2n) is 7.14. The first-order valence-corrected chi connectivity index (χ1v) is 9.40. The summed E-state index contributed by atoms with van der Waals surface area (Å²) in [7, 11) is 0. The van der Waals surface area contributed by atoms with E-state index in [1.807, 2.05) is 65.1 Å². The number of carbonyl (C=O) groups excluding carboxylic acids is 2. The maximum absolute atomic E-state index is 13.2. The minimum atomic E-state index is -0.298. The predicted octanol–water partition coefficient (Wildman–Crippen LogP) is 3.82. The molecule has 3 aromatic rings. The minimum Gasteiger partial charge on any atom is -0.339 e. The molecule has 1 aliphatic rings. The minimum absolute atomic E-state index is 0.0198. The van der Waals surface area contributed by atoms with E-state index in [1.54, 1.807) is 13.1 Å². The van der Waals surface area contributed by atoms with Crippen LogP contribution in [0.4, 0.5) is 0 Å². The van der Waals surface area contributed by atoms with Gasteiger partial charge in [-0.25, -0.2) is 0 Å². The molecule has 1 aromatic carbocycles. The number of rotatable bonds is 5. The lowest BCUT2D eigenvalue weighted by Gasteiger charge is -2.41. The molecule has 1 saturated heterocycles. The number of likely N-dealkylation sites (tertiary alicyclic amines) is 1. The zero-order valence-corrected chi connectivity index (χ0v) is 15.6. The maximum atomic E-state index is 13.2. The third kappa shape index (κ3) is 3.03. The van der Waals surface area contributed by atoms with Crippen LogP contribution in [-0.2, 0) is 4.79 Å². The summed E-state index contributed by atoms with van der Waals surface area (Å²) >= 11 is 0. The molecule has 5 heteroatoms. The van der Waals surface area contributed by atoms with Crippen LogP contribution in [0.2, 0.25) is 0 Å². The molecule has 1 atom stereocenters. The van der Waals surface area contributed by atoms with E-state index < -0.39 is 0 Å². The van der Waals surface area contributed by atoms with Gasteiger partial charge in [-0.05, 0) is 31.5 Å². The van der Waals surface area contributed by atoms with Crippen LogP contribution in [0, 0.1) is 0 Å². The number of ketones is 1. The second kappa shape index (κ2) is 6.99. The molecule has 27 heavy (non-hydrogen) atoms. The summed E-state index contributed by atoms with van der Waals surface area (Å²) in [5.41, 5.74) is 2.65. The number of hydrogen-bond acceptors (Lipinski definition) is 3. The van der Waals surface area contributed by atoms with Gasteiger partial charge < -0.3 is 9.47 Å². The molecule has 1 amide bonds. The van der Waals surface area contributed by atoms with Gasteiger partial charge in [0.05, 0.1) is 0 Å². The lowest BCUT2D eigenvalue weighted by Crippen LogP contribution is -2.51. The van der Waals surface area contributed by atoms with Crippen LogP contribution < -0.4 is 0 Å². The van der Waals surface area contributed by atoms with Gasteiger partial charge in [-0.1, -0.05) is 31.2 Å². The number of aromatic nitrogens is 2. The highest BCUT2D eigenvalue weighted by Gasteiger charge is 2.36. The van der Waals surface area contributed by atoms with E-state index >= 15 is 0 Å². The lowest BCUT2D eigenvalue weighted by molar-refractivity contribution is -0.139. The van der Waals surface area contributed by atoms with Crippen LogP contribution in [0.15, 0.2) is 54.9 Å². The number of benzene rings is 1. The fourth-order valence-electron chi connectivity index (χ4n) is 3.91. The molecule has 0 saturated carbocycles. The smallest absolute Gasteiger partial charge is 0.245 e. The fraction of sp³-hybridized carbons (Fsp3) is 0.318. The van der Waals surface area contributed by atoms with Crippen molar-refractivity contribution >= 4 is 22.6 Å². The molecule has 1 fully saturated rings. The number of carbonyl (C=O) groups is 2. The van der Waals surface area contributed by atoms with Crippen molar-refractivity contribution in [3.8, 4) is 0 Å². The molecule has 1 aliphatic heterocycles. The number of para-hydroxylation sites is 1. The van der Waals surface area contributed by atoms with Gasteiger partial charge in [0, 0.05) is 53.6 Å². The molecule has 0 radical (unpaired) electrons. The Bertz CT molecular complexity index is 987. The van der Waals surface area contributed by atoms with Crippen molar-refractivity contribution in [3.63, 3.8) is 0 Å². The topological polar surface area (TPSA) is 55.2 Å². The number of Topliss-reactive ketones (excluding diaryl/α,β-unsaturated/α-hetero) is 1. The first-order valence-electron chi connectivity index (χ1n) is 9.40. The van der Waals surface area contributed by atoms with Gasteiger partial charge in [0.1, 0.15) is 6.04 Å². The normalized spacial score (nSPS) is 15.6. The van der Waals surface area contributed by atoms with Crippen molar-refractivity contribution in [2.45, 2.75) is 32.2 Å². The standard InChI is InChI=1S/C22H23N3O2/c1-3-20(22(27)24-12-16(13-24)19-9-6-7-11-23-19)25-14-18(15(2)26)17-8-4-5-10-21(17)25/h4-11,14,16,20H,3,12-13H2,1-2H3. The van der Waals surface area contributed by atoms with Crippen molar-refractivity contribution in [2.24, 2.45) is 0 Å². The largest absolute Gasteiger partial charge is 0.339 e. The lowest BCUT2D eigenvalue weighted by atomic mass is 9.94. The van der Waals surface area contributed by atoms with E-state index in [4.69, 9.17) is 0 Å². The molecule has 4 rings (SSSR count). The predicted molar refractivity (Wildman–Crippen MR) is 105 cm³/mol. The molecule has 0 spiro atoms. The number of nitrogens with zero attached hydrogens (tertiary/aromatic N) is 3. The molecule has 0 aliphatic carbocycles. The highest BCUT2D eigenvalue weighted by Crippen LogP contribution is 2.31. The molecule has 138 valence electrons. The van der Waals surface area contributed by atoms with E-state index in [9.17, 15) is 9.59 Å². The first-order chi connectivity index (χ1) is 13.1. The summed E-state index contributed by atoms with van der Waals surface area (Å²) in [5, 5.41) is 0.909. The Morgan fingerprint density at radius 1 is 1.15 bits per heavy atom. The van der Waals surface area contributed by atoms with Crippen LogP contribution in [0.3, 0.4) is 0 Å². The van der Waals surface area contributed by atoms with E-state index in [2.05, 4.69) is 4.98 Å². The number of fused-ring (bicyclic) bond motifs is 1. The molecular weight excluding hydrogens is 338 g/mol. The second-order valence-corrected chi connectivity index (χ2v) is 7.14. The van der Waals surface area contributed by atoms with Crippen LogP contribution in [-0.4, -0.2) is 39.2 Å². The zero-order valence-electron chi connectivity index (χ0n) is 15.6. The third-order valence-electron chi connectivity index (χ3n) is 5.43. The van der Waals surface area contributed by atoms with E-state index in [0.717, 1.165) is 16.6 Å². The highest BCUT2D eigenvalue weighted by molar-refractivity contribution is 6.07. The van der Waals surface area contributed by atoms with Crippen molar-refractivity contribution in [1.82, 2.24) is 14.5 Å². The van der Waals surface area contributed by atoms with Crippen molar-refractivity contribution in [2.75, 3.05) is 13.1 Å². The Labute approximate surface area is 158 Å². The summed E-state index contributed by atoms with van der Waals surface area (Å²) in [6.45, 7) is 4.98. The number of amides is 1. The zero-order chi connectivity index (χ0) is 19.0. The van der Waals surface area contributed by atoms with Gasteiger partial charge >= 0.3 is 0 Å². The summed E-state index contributed by atoms with van der Waals surface area (Å²) in [5.74, 6) is 0.439. The average molecular weight is 361 g/mol. The Morgan fingerprint density at radius 3 is 2.56 bits per heavy atom. The van der Waals surface area contributed by atoms with Crippen molar-refractivity contribution in [1.29, 1.82) is 0 Å². The average Bonchev–Trinajstić information content (AvgIpc) is 3.02. The van der Waals surface area contributed by atoms with Crippen LogP contribution in [0.5, 0.6) is 0 Å². The first kappa shape index (κ1) is 17.5. The molecule has 2 aromatic heterocycles. The highest BCUT2D eigenvalue weighted by atomic mass is 16.2. The Morgan fingerprint density at radius 2 is 1.89 bits per heavy atom. The Kier molecular flexibility index (Phi) is 4.52. The number of pyridine rings is 1. The van der Waals surface area contributed by atoms with E-state index in [-0.39, 0.29) is 17.7 Å². The summed E-state index contributed by atoms with van der Waals surface area (Å²) in [6, 6.07) is 13.4. The van der Waals surface area contributed by atoms with Gasteiger partial charge in [0.25, 0.3) is 0 Å². The van der Waals surface area contributed by atoms with Gasteiger partial charge in [0.15, 0.2) is 5.78 Å². The van der Waals surface area contributed by atoms with Crippen LogP contribution >= 0.6 is 0 Å². The monoisotopic (exact) mass is 361 g/mol. The number of hydrogen-bond donors (Lipinski definition) is 0. The molecule has 3 heterocycles. The summed E-state index contributed by atoms with van der Waals surface area (Å²) in [4.78, 5) is 31.5. The molecule has 1 unspecified atom stereocenters. The molecule has 0 N–H and O–H groups in total. The Balaban J connectivity index is 1.59. The van der Waals surface area contributed by atoms with Crippen molar-refractivity contribution < 1.29 is 9.59 Å². The van der Waals surface area contributed by atoms with Gasteiger partial charge in [-0.3, -0.25) is 14.6 Å². The maximum Gasteiger partial charge on any atom is 0.245 e. The van der Waals surface area contributed by atoms with Crippen LogP contribution in [0.1, 0.15) is 48.3 Å². The summed E-state index contributed by atoms with van der Waals surface area (Å²) < 4.78 is 1.97. The van der Waals surface area contributed by atoms with Crippen molar-refractivity contribution in [3.05, 3.63) is 66.1 Å². The quantitative estimate of drug-likeness (QED) is 0.649. The van der Waals surface area contributed by atoms with Gasteiger partial charge in [-0.2, -0.15) is 0 Å². The fourth-order valence-corrected chi connectivity index (χ4v) is 3.91.